The smallest absolute Gasteiger partial charge is 0.228 e. The van der Waals surface area contributed by atoms with Gasteiger partial charge in [0.1, 0.15) is 5.84 Å². The van der Waals surface area contributed by atoms with Gasteiger partial charge in [-0.25, -0.2) is 13.8 Å². The van der Waals surface area contributed by atoms with Crippen molar-refractivity contribution in [1.29, 1.82) is 0 Å². The molecule has 0 N–H and O–H groups in total. The Labute approximate surface area is 146 Å². The predicted molar refractivity (Wildman–Crippen MR) is 94.1 cm³/mol. The Morgan fingerprint density at radius 1 is 1.28 bits per heavy atom. The van der Waals surface area contributed by atoms with E-state index in [2.05, 4.69) is 11.6 Å². The number of halogens is 2. The molecule has 0 saturated carbocycles. The highest BCUT2D eigenvalue weighted by molar-refractivity contribution is 6.01. The van der Waals surface area contributed by atoms with E-state index in [0.717, 1.165) is 36.9 Å². The van der Waals surface area contributed by atoms with Gasteiger partial charge >= 0.3 is 0 Å². The van der Waals surface area contributed by atoms with Crippen LogP contribution in [0.5, 0.6) is 0 Å². The zero-order valence-electron chi connectivity index (χ0n) is 14.2. The Hall–Kier alpha value is -2.30. The van der Waals surface area contributed by atoms with Crippen LogP contribution in [-0.4, -0.2) is 23.2 Å². The number of nitrogens with zero attached hydrogens (tertiary/aromatic N) is 2. The lowest BCUT2D eigenvalue weighted by atomic mass is 9.96. The van der Waals surface area contributed by atoms with Gasteiger partial charge in [-0.05, 0) is 49.3 Å². The van der Waals surface area contributed by atoms with Crippen molar-refractivity contribution in [3.05, 3.63) is 59.3 Å². The monoisotopic (exact) mass is 344 g/mol. The SMILES string of the molecule is C=CCN(C(=O)CCc1cccc(F)c1F)C1=NC2=C(CCCC2)C1. The average molecular weight is 344 g/mol. The fourth-order valence-electron chi connectivity index (χ4n) is 3.42. The minimum absolute atomic E-state index is 0.109. The van der Waals surface area contributed by atoms with Gasteiger partial charge in [0.15, 0.2) is 11.6 Å². The van der Waals surface area contributed by atoms with Crippen molar-refractivity contribution in [2.24, 2.45) is 4.99 Å². The molecule has 2 aliphatic rings. The molecule has 0 aromatic heterocycles. The van der Waals surface area contributed by atoms with E-state index in [1.807, 2.05) is 0 Å². The highest BCUT2D eigenvalue weighted by Crippen LogP contribution is 2.33. The summed E-state index contributed by atoms with van der Waals surface area (Å²) in [5.41, 5.74) is 2.68. The third kappa shape index (κ3) is 3.86. The average Bonchev–Trinajstić information content (AvgIpc) is 3.04. The molecule has 0 bridgehead atoms. The first-order chi connectivity index (χ1) is 12.1. The highest BCUT2D eigenvalue weighted by atomic mass is 19.2. The van der Waals surface area contributed by atoms with Crippen LogP contribution in [0.25, 0.3) is 0 Å². The lowest BCUT2D eigenvalue weighted by molar-refractivity contribution is -0.127. The van der Waals surface area contributed by atoms with E-state index < -0.39 is 11.6 Å². The summed E-state index contributed by atoms with van der Waals surface area (Å²) in [6.45, 7) is 4.10. The predicted octanol–water partition coefficient (Wildman–Crippen LogP) is 4.54. The molecule has 0 unspecified atom stereocenters. The second kappa shape index (κ2) is 7.72. The maximum Gasteiger partial charge on any atom is 0.228 e. The van der Waals surface area contributed by atoms with E-state index in [1.54, 1.807) is 11.0 Å². The number of amides is 1. The number of hydrogen-bond donors (Lipinski definition) is 0. The van der Waals surface area contributed by atoms with Crippen molar-refractivity contribution < 1.29 is 13.6 Å². The first kappa shape index (κ1) is 17.5. The summed E-state index contributed by atoms with van der Waals surface area (Å²) in [6.07, 6.45) is 6.99. The second-order valence-corrected chi connectivity index (χ2v) is 6.47. The Morgan fingerprint density at radius 2 is 2.08 bits per heavy atom. The molecule has 0 spiro atoms. The summed E-state index contributed by atoms with van der Waals surface area (Å²) < 4.78 is 27.0. The van der Waals surface area contributed by atoms with E-state index in [1.165, 1.54) is 24.1 Å². The summed E-state index contributed by atoms with van der Waals surface area (Å²) >= 11 is 0. The number of allylic oxidation sites excluding steroid dienone is 1. The molecular weight excluding hydrogens is 322 g/mol. The molecule has 0 saturated heterocycles. The number of carbonyl (C=O) groups excluding carboxylic acids is 1. The molecule has 3 nitrogen and oxygen atoms in total. The molecule has 0 atom stereocenters. The van der Waals surface area contributed by atoms with Gasteiger partial charge in [0.05, 0.1) is 0 Å². The number of hydrogen-bond acceptors (Lipinski definition) is 2. The molecule has 5 heteroatoms. The first-order valence-corrected chi connectivity index (χ1v) is 8.72. The van der Waals surface area contributed by atoms with Crippen LogP contribution in [0.3, 0.4) is 0 Å². The Morgan fingerprint density at radius 3 is 2.84 bits per heavy atom. The van der Waals surface area contributed by atoms with Gasteiger partial charge in [0.25, 0.3) is 0 Å². The Kier molecular flexibility index (Phi) is 5.41. The first-order valence-electron chi connectivity index (χ1n) is 8.72. The van der Waals surface area contributed by atoms with Gasteiger partial charge in [-0.15, -0.1) is 6.58 Å². The normalized spacial score (nSPS) is 16.5. The lowest BCUT2D eigenvalue weighted by Gasteiger charge is -2.21. The van der Waals surface area contributed by atoms with Gasteiger partial charge in [0.2, 0.25) is 5.91 Å². The summed E-state index contributed by atoms with van der Waals surface area (Å²) in [4.78, 5) is 18.9. The van der Waals surface area contributed by atoms with Gasteiger partial charge in [-0.1, -0.05) is 18.2 Å². The standard InChI is InChI=1S/C20H22F2N2O/c1-2-12-24(18-13-15-6-3-4-9-17(15)23-18)19(25)11-10-14-7-5-8-16(21)20(14)22/h2,5,7-8H,1,3-4,6,9-13H2. The molecular formula is C20H22F2N2O. The molecule has 1 aliphatic heterocycles. The van der Waals surface area contributed by atoms with Crippen molar-refractivity contribution >= 4 is 11.7 Å². The fraction of sp³-hybridized carbons (Fsp3) is 0.400. The molecule has 1 heterocycles. The van der Waals surface area contributed by atoms with E-state index in [4.69, 9.17) is 0 Å². The number of rotatable bonds is 5. The van der Waals surface area contributed by atoms with Crippen molar-refractivity contribution in [1.82, 2.24) is 4.90 Å². The second-order valence-electron chi connectivity index (χ2n) is 6.47. The Balaban J connectivity index is 1.68. The van der Waals surface area contributed by atoms with Crippen LogP contribution >= 0.6 is 0 Å². The minimum atomic E-state index is -0.884. The van der Waals surface area contributed by atoms with E-state index >= 15 is 0 Å². The third-order valence-corrected chi connectivity index (χ3v) is 4.75. The molecule has 1 aromatic carbocycles. The zero-order valence-corrected chi connectivity index (χ0v) is 14.2. The van der Waals surface area contributed by atoms with E-state index in [0.29, 0.717) is 13.0 Å². The molecule has 132 valence electrons. The largest absolute Gasteiger partial charge is 0.296 e. The van der Waals surface area contributed by atoms with Crippen LogP contribution in [0.2, 0.25) is 0 Å². The summed E-state index contributed by atoms with van der Waals surface area (Å²) in [5.74, 6) is -1.13. The number of aryl methyl sites for hydroxylation is 1. The summed E-state index contributed by atoms with van der Waals surface area (Å²) in [5, 5.41) is 0. The maximum absolute atomic E-state index is 13.8. The topological polar surface area (TPSA) is 32.7 Å². The molecule has 1 aromatic rings. The Bertz CT molecular complexity index is 752. The molecule has 3 rings (SSSR count). The van der Waals surface area contributed by atoms with Crippen molar-refractivity contribution in [3.63, 3.8) is 0 Å². The quantitative estimate of drug-likeness (QED) is 0.722. The molecule has 0 fully saturated rings. The van der Waals surface area contributed by atoms with Gasteiger partial charge in [0, 0.05) is 25.1 Å². The van der Waals surface area contributed by atoms with Crippen LogP contribution < -0.4 is 0 Å². The lowest BCUT2D eigenvalue weighted by Crippen LogP contribution is -2.36. The van der Waals surface area contributed by atoms with Crippen LogP contribution in [-0.2, 0) is 11.2 Å². The van der Waals surface area contributed by atoms with Crippen molar-refractivity contribution in [2.75, 3.05) is 6.54 Å². The fourth-order valence-corrected chi connectivity index (χ4v) is 3.42. The zero-order chi connectivity index (χ0) is 17.8. The minimum Gasteiger partial charge on any atom is -0.296 e. The number of benzene rings is 1. The van der Waals surface area contributed by atoms with Crippen LogP contribution in [0.15, 0.2) is 47.1 Å². The molecule has 25 heavy (non-hydrogen) atoms. The molecule has 0 radical (unpaired) electrons. The maximum atomic E-state index is 13.8. The van der Waals surface area contributed by atoms with Gasteiger partial charge in [-0.2, -0.15) is 0 Å². The number of aliphatic imine (C=N–C) groups is 1. The van der Waals surface area contributed by atoms with Crippen molar-refractivity contribution in [3.8, 4) is 0 Å². The number of carbonyl (C=O) groups is 1. The van der Waals surface area contributed by atoms with E-state index in [-0.39, 0.29) is 24.3 Å². The van der Waals surface area contributed by atoms with Crippen LogP contribution in [0.4, 0.5) is 8.78 Å². The molecule has 1 aliphatic carbocycles. The van der Waals surface area contributed by atoms with Gasteiger partial charge < -0.3 is 0 Å². The highest BCUT2D eigenvalue weighted by Gasteiger charge is 2.27. The molecule has 1 amide bonds. The van der Waals surface area contributed by atoms with Crippen LogP contribution in [0.1, 0.15) is 44.1 Å². The summed E-state index contributed by atoms with van der Waals surface area (Å²) in [6, 6.07) is 4.05. The van der Waals surface area contributed by atoms with Gasteiger partial charge in [-0.3, -0.25) is 9.69 Å². The van der Waals surface area contributed by atoms with Crippen molar-refractivity contribution in [2.45, 2.75) is 44.9 Å². The van der Waals surface area contributed by atoms with E-state index in [9.17, 15) is 13.6 Å². The summed E-state index contributed by atoms with van der Waals surface area (Å²) in [7, 11) is 0. The number of amidine groups is 1. The van der Waals surface area contributed by atoms with Crippen LogP contribution in [0, 0.1) is 11.6 Å². The third-order valence-electron chi connectivity index (χ3n) is 4.75.